The zero-order chi connectivity index (χ0) is 16.3. The van der Waals surface area contributed by atoms with Crippen molar-refractivity contribution in [3.05, 3.63) is 0 Å². The molecular weight excluding hydrogens is 288 g/mol. The predicted octanol–water partition coefficient (Wildman–Crippen LogP) is -1.05. The van der Waals surface area contributed by atoms with Crippen LogP contribution >= 0.6 is 0 Å². The maximum Gasteiger partial charge on any atom is 0.335 e. The van der Waals surface area contributed by atoms with E-state index in [1.54, 1.807) is 0 Å². The number of carbonyl (C=O) groups excluding carboxylic acids is 4. The molecule has 9 nitrogen and oxygen atoms in total. The van der Waals surface area contributed by atoms with Gasteiger partial charge in [0.05, 0.1) is 6.42 Å². The number of esters is 4. The number of rotatable bonds is 9. The molecule has 1 unspecified atom stereocenters. The second-order valence-electron chi connectivity index (χ2n) is 3.79. The Kier molecular flexibility index (Phi) is 9.52. The summed E-state index contributed by atoms with van der Waals surface area (Å²) in [7, 11) is 0. The van der Waals surface area contributed by atoms with Gasteiger partial charge in [0.25, 0.3) is 0 Å². The lowest BCUT2D eigenvalue weighted by Gasteiger charge is -2.10. The minimum Gasteiger partial charge on any atom is -0.462 e. The molecule has 0 aromatic rings. The standard InChI is InChI=1S/C12H18O9/c1-8(13)18-3-5-20-11(16)7-10(15)12(17)21-6-4-19-9(2)14/h10,15H,3-7H2,1-2H3. The Balaban J connectivity index is 3.76. The smallest absolute Gasteiger partial charge is 0.335 e. The third-order valence-electron chi connectivity index (χ3n) is 1.92. The lowest BCUT2D eigenvalue weighted by Crippen LogP contribution is -2.28. The van der Waals surface area contributed by atoms with Crippen molar-refractivity contribution in [3.8, 4) is 0 Å². The van der Waals surface area contributed by atoms with Crippen LogP contribution in [-0.4, -0.2) is 61.5 Å². The van der Waals surface area contributed by atoms with Crippen molar-refractivity contribution in [2.75, 3.05) is 26.4 Å². The summed E-state index contributed by atoms with van der Waals surface area (Å²) in [6.07, 6.45) is -2.27. The van der Waals surface area contributed by atoms with E-state index >= 15 is 0 Å². The van der Waals surface area contributed by atoms with Gasteiger partial charge < -0.3 is 24.1 Å². The fourth-order valence-corrected chi connectivity index (χ4v) is 1.06. The number of aliphatic hydroxyl groups is 1. The highest BCUT2D eigenvalue weighted by Crippen LogP contribution is 1.98. The SMILES string of the molecule is CC(=O)OCCOC(=O)CC(O)C(=O)OCCOC(C)=O. The number of hydrogen-bond acceptors (Lipinski definition) is 9. The van der Waals surface area contributed by atoms with Crippen molar-refractivity contribution in [3.63, 3.8) is 0 Å². The molecule has 1 atom stereocenters. The van der Waals surface area contributed by atoms with Gasteiger partial charge in [0, 0.05) is 13.8 Å². The maximum absolute atomic E-state index is 11.3. The van der Waals surface area contributed by atoms with Gasteiger partial charge in [-0.2, -0.15) is 0 Å². The third-order valence-corrected chi connectivity index (χ3v) is 1.92. The largest absolute Gasteiger partial charge is 0.462 e. The molecular formula is C12H18O9. The van der Waals surface area contributed by atoms with Gasteiger partial charge in [0.2, 0.25) is 0 Å². The van der Waals surface area contributed by atoms with Crippen molar-refractivity contribution in [1.82, 2.24) is 0 Å². The van der Waals surface area contributed by atoms with Crippen LogP contribution in [0.25, 0.3) is 0 Å². The van der Waals surface area contributed by atoms with Gasteiger partial charge in [0.1, 0.15) is 26.4 Å². The van der Waals surface area contributed by atoms with Gasteiger partial charge in [-0.15, -0.1) is 0 Å². The summed E-state index contributed by atoms with van der Waals surface area (Å²) in [6.45, 7) is 1.76. The average Bonchev–Trinajstić information content (AvgIpc) is 2.39. The van der Waals surface area contributed by atoms with Crippen molar-refractivity contribution >= 4 is 23.9 Å². The number of aliphatic hydroxyl groups excluding tert-OH is 1. The van der Waals surface area contributed by atoms with E-state index < -0.39 is 36.4 Å². The first-order chi connectivity index (χ1) is 9.82. The van der Waals surface area contributed by atoms with Gasteiger partial charge in [-0.05, 0) is 0 Å². The Morgan fingerprint density at radius 1 is 0.810 bits per heavy atom. The van der Waals surface area contributed by atoms with E-state index in [4.69, 9.17) is 0 Å². The molecule has 0 fully saturated rings. The van der Waals surface area contributed by atoms with Crippen molar-refractivity contribution in [2.45, 2.75) is 26.4 Å². The first-order valence-corrected chi connectivity index (χ1v) is 6.10. The molecule has 21 heavy (non-hydrogen) atoms. The number of hydrogen-bond donors (Lipinski definition) is 1. The minimum absolute atomic E-state index is 0.107. The van der Waals surface area contributed by atoms with Gasteiger partial charge in [-0.25, -0.2) is 4.79 Å². The van der Waals surface area contributed by atoms with E-state index in [-0.39, 0.29) is 26.4 Å². The van der Waals surface area contributed by atoms with Crippen LogP contribution in [0.3, 0.4) is 0 Å². The molecule has 0 spiro atoms. The Morgan fingerprint density at radius 3 is 1.71 bits per heavy atom. The second kappa shape index (κ2) is 10.6. The van der Waals surface area contributed by atoms with Gasteiger partial charge in [-0.1, -0.05) is 0 Å². The normalized spacial score (nSPS) is 11.2. The number of carbonyl (C=O) groups is 4. The summed E-state index contributed by atoms with van der Waals surface area (Å²) in [6, 6.07) is 0. The second-order valence-corrected chi connectivity index (χ2v) is 3.79. The van der Waals surface area contributed by atoms with Crippen LogP contribution in [0.15, 0.2) is 0 Å². The molecule has 0 aliphatic rings. The van der Waals surface area contributed by atoms with Crippen LogP contribution in [0.5, 0.6) is 0 Å². The molecule has 0 bridgehead atoms. The van der Waals surface area contributed by atoms with E-state index in [2.05, 4.69) is 18.9 Å². The van der Waals surface area contributed by atoms with E-state index in [1.165, 1.54) is 13.8 Å². The van der Waals surface area contributed by atoms with Crippen molar-refractivity contribution in [1.29, 1.82) is 0 Å². The van der Waals surface area contributed by atoms with Crippen molar-refractivity contribution in [2.24, 2.45) is 0 Å². The zero-order valence-corrected chi connectivity index (χ0v) is 11.8. The molecule has 0 aliphatic heterocycles. The molecule has 0 amide bonds. The zero-order valence-electron chi connectivity index (χ0n) is 11.8. The van der Waals surface area contributed by atoms with Crippen LogP contribution in [0.4, 0.5) is 0 Å². The fourth-order valence-electron chi connectivity index (χ4n) is 1.06. The molecule has 0 heterocycles. The van der Waals surface area contributed by atoms with Crippen LogP contribution in [0, 0.1) is 0 Å². The molecule has 0 radical (unpaired) electrons. The van der Waals surface area contributed by atoms with E-state index in [0.717, 1.165) is 0 Å². The first kappa shape index (κ1) is 18.8. The Hall–Kier alpha value is -2.16. The van der Waals surface area contributed by atoms with Crippen LogP contribution < -0.4 is 0 Å². The summed E-state index contributed by atoms with van der Waals surface area (Å²) in [5.41, 5.74) is 0. The maximum atomic E-state index is 11.3. The highest BCUT2D eigenvalue weighted by atomic mass is 16.6. The monoisotopic (exact) mass is 306 g/mol. The van der Waals surface area contributed by atoms with Gasteiger partial charge >= 0.3 is 23.9 Å². The predicted molar refractivity (Wildman–Crippen MR) is 65.8 cm³/mol. The lowest BCUT2D eigenvalue weighted by atomic mass is 10.2. The topological polar surface area (TPSA) is 125 Å². The molecule has 9 heteroatoms. The fraction of sp³-hybridized carbons (Fsp3) is 0.667. The lowest BCUT2D eigenvalue weighted by molar-refractivity contribution is -0.163. The average molecular weight is 306 g/mol. The third kappa shape index (κ3) is 11.4. The van der Waals surface area contributed by atoms with Crippen molar-refractivity contribution < 1.29 is 43.2 Å². The highest BCUT2D eigenvalue weighted by Gasteiger charge is 2.21. The molecule has 0 aromatic heterocycles. The number of ether oxygens (including phenoxy) is 4. The summed E-state index contributed by atoms with van der Waals surface area (Å²) >= 11 is 0. The van der Waals surface area contributed by atoms with Crippen LogP contribution in [0.1, 0.15) is 20.3 Å². The summed E-state index contributed by atoms with van der Waals surface area (Å²) in [5, 5.41) is 9.37. The van der Waals surface area contributed by atoms with Crippen LogP contribution in [-0.2, 0) is 38.1 Å². The molecule has 0 saturated heterocycles. The molecule has 120 valence electrons. The summed E-state index contributed by atoms with van der Waals surface area (Å²) in [4.78, 5) is 43.3. The van der Waals surface area contributed by atoms with Crippen LogP contribution in [0.2, 0.25) is 0 Å². The molecule has 0 saturated carbocycles. The molecule has 0 rings (SSSR count). The quantitative estimate of drug-likeness (QED) is 0.322. The molecule has 1 N–H and O–H groups in total. The highest BCUT2D eigenvalue weighted by molar-refractivity contribution is 5.81. The Bertz CT molecular complexity index is 377. The minimum atomic E-state index is -1.68. The molecule has 0 aliphatic carbocycles. The van der Waals surface area contributed by atoms with E-state index in [9.17, 15) is 24.3 Å². The molecule has 0 aromatic carbocycles. The van der Waals surface area contributed by atoms with E-state index in [0.29, 0.717) is 0 Å². The Labute approximate surface area is 121 Å². The Morgan fingerprint density at radius 2 is 1.24 bits per heavy atom. The van der Waals surface area contributed by atoms with E-state index in [1.807, 2.05) is 0 Å². The summed E-state index contributed by atoms with van der Waals surface area (Å²) < 4.78 is 18.2. The van der Waals surface area contributed by atoms with Gasteiger partial charge in [0.15, 0.2) is 6.10 Å². The summed E-state index contributed by atoms with van der Waals surface area (Å²) in [5.74, 6) is -2.91. The first-order valence-electron chi connectivity index (χ1n) is 6.10. The van der Waals surface area contributed by atoms with Gasteiger partial charge in [-0.3, -0.25) is 14.4 Å².